The molecule has 4 rings (SSSR count). The average molecular weight is 476 g/mol. The number of carbonyl (C=O) groups excluding carboxylic acids is 2. The first-order chi connectivity index (χ1) is 15.7. The molecule has 0 unspecified atom stereocenters. The van der Waals surface area contributed by atoms with Crippen molar-refractivity contribution in [2.75, 3.05) is 0 Å². The Kier molecular flexibility index (Phi) is 7.41. The maximum atomic E-state index is 13.2. The van der Waals surface area contributed by atoms with Gasteiger partial charge in [0.15, 0.2) is 0 Å². The molecule has 0 amide bonds. The van der Waals surface area contributed by atoms with Crippen molar-refractivity contribution in [2.45, 2.75) is 103 Å². The summed E-state index contributed by atoms with van der Waals surface area (Å²) in [7, 11) is 0. The number of hydrogen-bond donors (Lipinski definition) is 1. The quantitative estimate of drug-likeness (QED) is 0.485. The van der Waals surface area contributed by atoms with Crippen molar-refractivity contribution >= 4 is 29.2 Å². The minimum atomic E-state index is -0.987. The second-order valence-electron chi connectivity index (χ2n) is 10.5. The van der Waals surface area contributed by atoms with Crippen LogP contribution in [-0.4, -0.2) is 46.3 Å². The summed E-state index contributed by atoms with van der Waals surface area (Å²) in [4.78, 5) is 30.5. The van der Waals surface area contributed by atoms with Crippen LogP contribution in [0.25, 0.3) is 6.08 Å². The molecule has 2 aliphatic heterocycles. The molecule has 7 heteroatoms. The summed E-state index contributed by atoms with van der Waals surface area (Å²) < 4.78 is 11.8. The fraction of sp³-hybridized carbons (Fsp3) is 0.731. The Balaban J connectivity index is 1.51. The number of carbonyl (C=O) groups is 2. The Morgan fingerprint density at radius 2 is 1.97 bits per heavy atom. The molecule has 0 aromatic carbocycles. The van der Waals surface area contributed by atoms with Gasteiger partial charge in [-0.3, -0.25) is 9.59 Å². The normalized spacial score (nSPS) is 35.7. The summed E-state index contributed by atoms with van der Waals surface area (Å²) in [5.41, 5.74) is 1.01. The van der Waals surface area contributed by atoms with Gasteiger partial charge in [0.1, 0.15) is 11.9 Å². The molecular formula is C26H37NO5S. The Morgan fingerprint density at radius 1 is 1.21 bits per heavy atom. The Hall–Kier alpha value is -1.57. The molecule has 1 aromatic rings. The minimum Gasteiger partial charge on any atom is -0.458 e. The minimum absolute atomic E-state index is 0.0896. The van der Waals surface area contributed by atoms with Crippen LogP contribution >= 0.6 is 11.3 Å². The lowest BCUT2D eigenvalue weighted by Gasteiger charge is -2.26. The van der Waals surface area contributed by atoms with E-state index in [1.165, 1.54) is 0 Å². The van der Waals surface area contributed by atoms with Crippen LogP contribution in [0, 0.1) is 24.2 Å². The highest BCUT2D eigenvalue weighted by Gasteiger charge is 2.56. The summed E-state index contributed by atoms with van der Waals surface area (Å²) in [5, 5.41) is 13.9. The third-order valence-electron chi connectivity index (χ3n) is 7.59. The zero-order chi connectivity index (χ0) is 23.8. The van der Waals surface area contributed by atoms with Gasteiger partial charge in [-0.2, -0.15) is 0 Å². The molecule has 6 atom stereocenters. The van der Waals surface area contributed by atoms with Crippen molar-refractivity contribution in [3.63, 3.8) is 0 Å². The predicted molar refractivity (Wildman–Crippen MR) is 128 cm³/mol. The molecule has 33 heavy (non-hydrogen) atoms. The summed E-state index contributed by atoms with van der Waals surface area (Å²) in [6.07, 6.45) is 6.56. The zero-order valence-corrected chi connectivity index (χ0v) is 21.0. The number of nitrogens with zero attached hydrogens (tertiary/aromatic N) is 1. The van der Waals surface area contributed by atoms with Gasteiger partial charge in [0.25, 0.3) is 0 Å². The molecule has 6 nitrogen and oxygen atoms in total. The highest BCUT2D eigenvalue weighted by atomic mass is 32.1. The Labute approximate surface area is 200 Å². The molecule has 182 valence electrons. The van der Waals surface area contributed by atoms with E-state index in [4.69, 9.17) is 9.47 Å². The van der Waals surface area contributed by atoms with Gasteiger partial charge >= 0.3 is 5.97 Å². The first-order valence-corrected chi connectivity index (χ1v) is 13.2. The monoisotopic (exact) mass is 475 g/mol. The van der Waals surface area contributed by atoms with Crippen LogP contribution in [-0.2, 0) is 19.1 Å². The highest BCUT2D eigenvalue weighted by molar-refractivity contribution is 7.09. The Bertz CT molecular complexity index is 904. The molecule has 1 saturated carbocycles. The van der Waals surface area contributed by atoms with Gasteiger partial charge in [-0.15, -0.1) is 11.3 Å². The number of ketones is 1. The number of hydrogen-bond acceptors (Lipinski definition) is 7. The molecule has 0 radical (unpaired) electrons. The molecular weight excluding hydrogens is 438 g/mol. The van der Waals surface area contributed by atoms with Crippen molar-refractivity contribution in [2.24, 2.45) is 17.3 Å². The molecule has 1 spiro atoms. The predicted octanol–water partition coefficient (Wildman–Crippen LogP) is 4.87. The lowest BCUT2D eigenvalue weighted by molar-refractivity contribution is -0.152. The van der Waals surface area contributed by atoms with E-state index >= 15 is 0 Å². The van der Waals surface area contributed by atoms with Crippen LogP contribution in [0.4, 0.5) is 0 Å². The molecule has 3 aliphatic rings. The number of aryl methyl sites for hydroxylation is 1. The lowest BCUT2D eigenvalue weighted by atomic mass is 9.80. The molecule has 2 saturated heterocycles. The second kappa shape index (κ2) is 9.96. The molecule has 1 aromatic heterocycles. The largest absolute Gasteiger partial charge is 0.458 e. The van der Waals surface area contributed by atoms with Gasteiger partial charge in [0.05, 0.1) is 40.8 Å². The molecule has 3 heterocycles. The van der Waals surface area contributed by atoms with Gasteiger partial charge < -0.3 is 14.6 Å². The van der Waals surface area contributed by atoms with Crippen molar-refractivity contribution in [3.05, 3.63) is 21.7 Å². The number of aromatic nitrogens is 1. The van der Waals surface area contributed by atoms with Gasteiger partial charge in [-0.25, -0.2) is 4.98 Å². The number of aliphatic hydroxyl groups excluding tert-OH is 1. The number of rotatable bonds is 2. The van der Waals surface area contributed by atoms with Crippen molar-refractivity contribution in [1.29, 1.82) is 0 Å². The van der Waals surface area contributed by atoms with E-state index in [9.17, 15) is 14.7 Å². The number of esters is 1. The zero-order valence-electron chi connectivity index (χ0n) is 20.2. The smallest absolute Gasteiger partial charge is 0.309 e. The summed E-state index contributed by atoms with van der Waals surface area (Å²) >= 11 is 1.58. The van der Waals surface area contributed by atoms with E-state index in [0.29, 0.717) is 25.2 Å². The van der Waals surface area contributed by atoms with Gasteiger partial charge in [-0.05, 0) is 57.1 Å². The number of thiazole rings is 1. The van der Waals surface area contributed by atoms with Crippen molar-refractivity contribution in [3.8, 4) is 0 Å². The van der Waals surface area contributed by atoms with Crippen molar-refractivity contribution in [1.82, 2.24) is 4.98 Å². The highest BCUT2D eigenvalue weighted by Crippen LogP contribution is 2.52. The summed E-state index contributed by atoms with van der Waals surface area (Å²) in [6, 6.07) is 0. The van der Waals surface area contributed by atoms with E-state index in [2.05, 4.69) is 11.9 Å². The fourth-order valence-electron chi connectivity index (χ4n) is 5.38. The third-order valence-corrected chi connectivity index (χ3v) is 8.39. The SMILES string of the molecule is C/C(=C\c1csc(C)n1)[C@@H]1C[C@@H]2O[C@H]2CCC[C@H](C)C[C@H](C)C(=O)C2(CC2)[C@@H](O)CC(=O)O1. The van der Waals surface area contributed by atoms with E-state index in [1.54, 1.807) is 11.3 Å². The van der Waals surface area contributed by atoms with Crippen LogP contribution in [0.3, 0.4) is 0 Å². The average Bonchev–Trinajstić information content (AvgIpc) is 3.65. The standard InChI is InChI=1S/C26H37NO5S/c1-15-6-5-7-20-22(31-20)12-21(16(2)11-19-14-33-18(4)27-19)32-24(29)13-23(28)26(8-9-26)25(30)17(3)10-15/h11,14-15,17,20-23,28H,5-10,12-13H2,1-4H3/b16-11+/t15-,17-,20-,21-,22-,23-/m0/s1. The van der Waals surface area contributed by atoms with E-state index in [0.717, 1.165) is 42.0 Å². The maximum Gasteiger partial charge on any atom is 0.309 e. The second-order valence-corrected chi connectivity index (χ2v) is 11.6. The van der Waals surface area contributed by atoms with Crippen molar-refractivity contribution < 1.29 is 24.2 Å². The Morgan fingerprint density at radius 3 is 2.64 bits per heavy atom. The fourth-order valence-corrected chi connectivity index (χ4v) is 5.95. The maximum absolute atomic E-state index is 13.2. The van der Waals surface area contributed by atoms with Crippen LogP contribution in [0.15, 0.2) is 11.0 Å². The number of ether oxygens (including phenoxy) is 2. The van der Waals surface area contributed by atoms with Crippen LogP contribution in [0.2, 0.25) is 0 Å². The van der Waals surface area contributed by atoms with E-state index < -0.39 is 23.6 Å². The van der Waals surface area contributed by atoms with E-state index in [1.807, 2.05) is 32.2 Å². The molecule has 1 aliphatic carbocycles. The third kappa shape index (κ3) is 5.92. The van der Waals surface area contributed by atoms with E-state index in [-0.39, 0.29) is 30.3 Å². The summed E-state index contributed by atoms with van der Waals surface area (Å²) in [6.45, 7) is 8.09. The van der Waals surface area contributed by atoms with Gasteiger partial charge in [-0.1, -0.05) is 26.7 Å². The van der Waals surface area contributed by atoms with Gasteiger partial charge in [0.2, 0.25) is 0 Å². The number of cyclic esters (lactones) is 1. The topological polar surface area (TPSA) is 89.0 Å². The number of aliphatic hydroxyl groups is 1. The molecule has 1 N–H and O–H groups in total. The first kappa shape index (κ1) is 24.6. The lowest BCUT2D eigenvalue weighted by Crippen LogP contribution is -2.37. The summed E-state index contributed by atoms with van der Waals surface area (Å²) in [5.74, 6) is -0.00471. The molecule has 0 bridgehead atoms. The van der Waals surface area contributed by atoms with Gasteiger partial charge in [0, 0.05) is 17.7 Å². The van der Waals surface area contributed by atoms with Crippen LogP contribution in [0.5, 0.6) is 0 Å². The number of fused-ring (bicyclic) bond motifs is 1. The van der Waals surface area contributed by atoms with Crippen LogP contribution in [0.1, 0.15) is 82.8 Å². The first-order valence-electron chi connectivity index (χ1n) is 12.4. The number of epoxide rings is 1. The number of Topliss-reactive ketones (excluding diaryl/α,β-unsaturated/α-hetero) is 1. The molecule has 3 fully saturated rings. The van der Waals surface area contributed by atoms with Crippen LogP contribution < -0.4 is 0 Å².